The zero-order valence-corrected chi connectivity index (χ0v) is 7.69. The molecule has 0 amide bonds. The number of methoxy groups -OCH3 is 1. The lowest BCUT2D eigenvalue weighted by molar-refractivity contribution is 0.256. The van der Waals surface area contributed by atoms with E-state index in [1.165, 1.54) is 12.8 Å². The lowest BCUT2D eigenvalue weighted by Gasteiger charge is -2.11. The van der Waals surface area contributed by atoms with Crippen LogP contribution in [0.15, 0.2) is 10.7 Å². The van der Waals surface area contributed by atoms with E-state index in [1.807, 2.05) is 0 Å². The molecule has 1 atom stereocenters. The first-order valence-corrected chi connectivity index (χ1v) is 4.55. The van der Waals surface area contributed by atoms with E-state index >= 15 is 0 Å². The minimum Gasteiger partial charge on any atom is -0.467 e. The van der Waals surface area contributed by atoms with Crippen LogP contribution < -0.4 is 10.5 Å². The molecule has 4 heteroatoms. The standard InChI is InChI=1S/C9H14N2O2/c1-12-9-8(5-11-13-9)7(4-10)6-2-3-6/h5-7H,2-4,10H2,1H3. The van der Waals surface area contributed by atoms with Gasteiger partial charge in [0, 0.05) is 5.92 Å². The monoisotopic (exact) mass is 182 g/mol. The zero-order chi connectivity index (χ0) is 9.26. The highest BCUT2D eigenvalue weighted by atomic mass is 16.6. The molecule has 1 aliphatic rings. The molecule has 0 aromatic carbocycles. The highest BCUT2D eigenvalue weighted by molar-refractivity contribution is 5.26. The summed E-state index contributed by atoms with van der Waals surface area (Å²) >= 11 is 0. The number of aromatic nitrogens is 1. The highest BCUT2D eigenvalue weighted by Crippen LogP contribution is 2.44. The summed E-state index contributed by atoms with van der Waals surface area (Å²) in [5, 5.41) is 3.72. The summed E-state index contributed by atoms with van der Waals surface area (Å²) in [6.07, 6.45) is 4.24. The van der Waals surface area contributed by atoms with Crippen LogP contribution in [-0.4, -0.2) is 18.8 Å². The van der Waals surface area contributed by atoms with Gasteiger partial charge in [-0.15, -0.1) is 0 Å². The second-order valence-electron chi connectivity index (χ2n) is 3.45. The van der Waals surface area contributed by atoms with E-state index in [-0.39, 0.29) is 0 Å². The Morgan fingerprint density at radius 3 is 3.08 bits per heavy atom. The topological polar surface area (TPSA) is 61.3 Å². The summed E-state index contributed by atoms with van der Waals surface area (Å²) in [6.45, 7) is 0.641. The molecule has 4 nitrogen and oxygen atoms in total. The van der Waals surface area contributed by atoms with E-state index in [4.69, 9.17) is 15.0 Å². The van der Waals surface area contributed by atoms with Crippen molar-refractivity contribution in [1.82, 2.24) is 5.16 Å². The van der Waals surface area contributed by atoms with Crippen LogP contribution in [0.1, 0.15) is 24.3 Å². The summed E-state index contributed by atoms with van der Waals surface area (Å²) in [4.78, 5) is 0. The predicted molar refractivity (Wildman–Crippen MR) is 47.6 cm³/mol. The van der Waals surface area contributed by atoms with Gasteiger partial charge in [-0.05, 0) is 25.3 Å². The average molecular weight is 182 g/mol. The molecule has 1 saturated carbocycles. The van der Waals surface area contributed by atoms with Crippen molar-refractivity contribution in [3.63, 3.8) is 0 Å². The molecule has 1 aromatic rings. The van der Waals surface area contributed by atoms with Crippen molar-refractivity contribution in [2.24, 2.45) is 11.7 Å². The number of nitrogens with zero attached hydrogens (tertiary/aromatic N) is 1. The number of hydrogen-bond acceptors (Lipinski definition) is 4. The van der Waals surface area contributed by atoms with Crippen LogP contribution in [0.4, 0.5) is 0 Å². The number of hydrogen-bond donors (Lipinski definition) is 1. The van der Waals surface area contributed by atoms with Crippen molar-refractivity contribution in [2.75, 3.05) is 13.7 Å². The highest BCUT2D eigenvalue weighted by Gasteiger charge is 2.34. The van der Waals surface area contributed by atoms with E-state index in [1.54, 1.807) is 13.3 Å². The zero-order valence-electron chi connectivity index (χ0n) is 7.69. The van der Waals surface area contributed by atoms with Gasteiger partial charge in [0.2, 0.25) is 0 Å². The van der Waals surface area contributed by atoms with Crippen molar-refractivity contribution in [2.45, 2.75) is 18.8 Å². The van der Waals surface area contributed by atoms with E-state index in [0.29, 0.717) is 24.3 Å². The van der Waals surface area contributed by atoms with Gasteiger partial charge in [0.15, 0.2) is 0 Å². The second-order valence-corrected chi connectivity index (χ2v) is 3.45. The van der Waals surface area contributed by atoms with E-state index in [2.05, 4.69) is 5.16 Å². The normalized spacial score (nSPS) is 18.6. The van der Waals surface area contributed by atoms with E-state index in [0.717, 1.165) is 5.56 Å². The third-order valence-electron chi connectivity index (χ3n) is 2.59. The smallest absolute Gasteiger partial charge is 0.314 e. The maximum absolute atomic E-state index is 5.70. The number of nitrogens with two attached hydrogens (primary N) is 1. The van der Waals surface area contributed by atoms with Gasteiger partial charge in [-0.3, -0.25) is 0 Å². The Kier molecular flexibility index (Phi) is 2.22. The molecule has 1 aliphatic carbocycles. The third kappa shape index (κ3) is 1.54. The Morgan fingerprint density at radius 1 is 1.77 bits per heavy atom. The largest absolute Gasteiger partial charge is 0.467 e. The molecular formula is C9H14N2O2. The van der Waals surface area contributed by atoms with Gasteiger partial charge in [-0.25, -0.2) is 0 Å². The molecular weight excluding hydrogens is 168 g/mol. The lowest BCUT2D eigenvalue weighted by Crippen LogP contribution is -2.14. The van der Waals surface area contributed by atoms with Crippen molar-refractivity contribution >= 4 is 0 Å². The fourth-order valence-electron chi connectivity index (χ4n) is 1.71. The summed E-state index contributed by atoms with van der Waals surface area (Å²) < 4.78 is 10.0. The van der Waals surface area contributed by atoms with Crippen molar-refractivity contribution < 1.29 is 9.26 Å². The summed E-state index contributed by atoms with van der Waals surface area (Å²) in [7, 11) is 1.59. The quantitative estimate of drug-likeness (QED) is 0.758. The summed E-state index contributed by atoms with van der Waals surface area (Å²) in [6, 6.07) is 0. The van der Waals surface area contributed by atoms with Gasteiger partial charge in [0.05, 0.1) is 18.9 Å². The SMILES string of the molecule is COc1oncc1C(CN)C1CC1. The Morgan fingerprint density at radius 2 is 2.54 bits per heavy atom. The first-order chi connectivity index (χ1) is 6.36. The first kappa shape index (κ1) is 8.56. The van der Waals surface area contributed by atoms with Gasteiger partial charge >= 0.3 is 5.95 Å². The summed E-state index contributed by atoms with van der Waals surface area (Å²) in [5.74, 6) is 1.59. The lowest BCUT2D eigenvalue weighted by atomic mass is 9.97. The van der Waals surface area contributed by atoms with Crippen LogP contribution in [0.3, 0.4) is 0 Å². The van der Waals surface area contributed by atoms with Gasteiger partial charge in [0.25, 0.3) is 0 Å². The van der Waals surface area contributed by atoms with Gasteiger partial charge in [-0.2, -0.15) is 0 Å². The first-order valence-electron chi connectivity index (χ1n) is 4.55. The molecule has 1 unspecified atom stereocenters. The molecule has 1 aromatic heterocycles. The van der Waals surface area contributed by atoms with Crippen LogP contribution >= 0.6 is 0 Å². The third-order valence-corrected chi connectivity index (χ3v) is 2.59. The van der Waals surface area contributed by atoms with Crippen LogP contribution in [0.2, 0.25) is 0 Å². The minimum absolute atomic E-state index is 0.362. The van der Waals surface area contributed by atoms with Crippen molar-refractivity contribution in [1.29, 1.82) is 0 Å². The van der Waals surface area contributed by atoms with Gasteiger partial charge in [-0.1, -0.05) is 5.16 Å². The van der Waals surface area contributed by atoms with Crippen LogP contribution in [0, 0.1) is 5.92 Å². The average Bonchev–Trinajstić information content (AvgIpc) is 2.86. The predicted octanol–water partition coefficient (Wildman–Crippen LogP) is 1.14. The fourth-order valence-corrected chi connectivity index (χ4v) is 1.71. The second kappa shape index (κ2) is 3.38. The maximum Gasteiger partial charge on any atom is 0.314 e. The van der Waals surface area contributed by atoms with Crippen LogP contribution in [-0.2, 0) is 0 Å². The number of rotatable bonds is 4. The Balaban J connectivity index is 2.20. The van der Waals surface area contributed by atoms with Crippen LogP contribution in [0.25, 0.3) is 0 Å². The molecule has 2 rings (SSSR count). The molecule has 0 bridgehead atoms. The fraction of sp³-hybridized carbons (Fsp3) is 0.667. The Labute approximate surface area is 77.0 Å². The Bertz CT molecular complexity index is 281. The van der Waals surface area contributed by atoms with Crippen LogP contribution in [0.5, 0.6) is 5.95 Å². The molecule has 0 spiro atoms. The maximum atomic E-state index is 5.70. The van der Waals surface area contributed by atoms with Gasteiger partial charge in [0.1, 0.15) is 0 Å². The number of ether oxygens (including phenoxy) is 1. The minimum atomic E-state index is 0.362. The molecule has 2 N–H and O–H groups in total. The molecule has 0 radical (unpaired) electrons. The molecule has 1 heterocycles. The van der Waals surface area contributed by atoms with Gasteiger partial charge < -0.3 is 15.0 Å². The summed E-state index contributed by atoms with van der Waals surface area (Å²) in [5.41, 5.74) is 6.72. The van der Waals surface area contributed by atoms with Crippen molar-refractivity contribution in [3.8, 4) is 5.95 Å². The molecule has 0 aliphatic heterocycles. The molecule has 72 valence electrons. The van der Waals surface area contributed by atoms with E-state index < -0.39 is 0 Å². The Hall–Kier alpha value is -1.03. The van der Waals surface area contributed by atoms with Crippen molar-refractivity contribution in [3.05, 3.63) is 11.8 Å². The molecule has 13 heavy (non-hydrogen) atoms. The van der Waals surface area contributed by atoms with E-state index in [9.17, 15) is 0 Å². The molecule has 1 fully saturated rings. The molecule has 0 saturated heterocycles.